The number of nitrogens with zero attached hydrogens (tertiary/aromatic N) is 2. The number of benzene rings is 2. The minimum Gasteiger partial charge on any atom is -0.480 e. The number of aliphatic carboxylic acids is 2. The van der Waals surface area contributed by atoms with Crippen molar-refractivity contribution in [1.82, 2.24) is 20.6 Å². The fourth-order valence-corrected chi connectivity index (χ4v) is 4.33. The Morgan fingerprint density at radius 1 is 0.684 bits per heavy atom. The fraction of sp³-hybridized carbons (Fsp3) is 0.154. The summed E-state index contributed by atoms with van der Waals surface area (Å²) in [5.41, 5.74) is 1.76. The number of rotatable bonds is 9. The van der Waals surface area contributed by atoms with E-state index in [0.29, 0.717) is 21.8 Å². The van der Waals surface area contributed by atoms with Gasteiger partial charge in [-0.3, -0.25) is 9.59 Å². The predicted molar refractivity (Wildman–Crippen MR) is 148 cm³/mol. The van der Waals surface area contributed by atoms with Crippen LogP contribution in [0.25, 0.3) is 33.2 Å². The Labute approximate surface area is 227 Å². The highest BCUT2D eigenvalue weighted by Gasteiger charge is 2.24. The average Bonchev–Trinajstić information content (AvgIpc) is 2.92. The first kappa shape index (κ1) is 26.9. The summed E-state index contributed by atoms with van der Waals surface area (Å²) in [6, 6.07) is 14.2. The molecule has 4 aromatic rings. The van der Waals surface area contributed by atoms with E-state index in [2.05, 4.69) is 45.9 Å². The number of carboxylic acid groups (broad SMARTS) is 2. The highest BCUT2D eigenvalue weighted by molar-refractivity contribution is 7.80. The van der Waals surface area contributed by atoms with Crippen LogP contribution in [0.15, 0.2) is 60.7 Å². The Kier molecular flexibility index (Phi) is 8.13. The molecule has 0 saturated carbocycles. The van der Waals surface area contributed by atoms with Crippen molar-refractivity contribution in [1.29, 1.82) is 0 Å². The quantitative estimate of drug-likeness (QED) is 0.174. The lowest BCUT2D eigenvalue weighted by Gasteiger charge is -2.15. The van der Waals surface area contributed by atoms with Crippen LogP contribution in [0.3, 0.4) is 0 Å². The minimum atomic E-state index is -1.22. The number of pyridine rings is 2. The average molecular weight is 551 g/mol. The van der Waals surface area contributed by atoms with E-state index in [4.69, 9.17) is 0 Å². The summed E-state index contributed by atoms with van der Waals surface area (Å²) in [5, 5.41) is 24.6. The molecule has 0 aliphatic carbocycles. The lowest BCUT2D eigenvalue weighted by molar-refractivity contribution is -0.139. The van der Waals surface area contributed by atoms with Crippen molar-refractivity contribution in [2.45, 2.75) is 12.1 Å². The van der Waals surface area contributed by atoms with E-state index in [1.165, 1.54) is 12.1 Å². The summed E-state index contributed by atoms with van der Waals surface area (Å²) in [6.45, 7) is 0. The Bertz CT molecular complexity index is 1460. The number of hydrogen-bond acceptors (Lipinski definition) is 8. The molecular formula is C26H22N4O6S2. The monoisotopic (exact) mass is 550 g/mol. The molecule has 2 heterocycles. The van der Waals surface area contributed by atoms with E-state index in [1.54, 1.807) is 48.5 Å². The zero-order valence-electron chi connectivity index (χ0n) is 19.7. The molecule has 0 saturated heterocycles. The summed E-state index contributed by atoms with van der Waals surface area (Å²) in [5.74, 6) is -3.93. The van der Waals surface area contributed by atoms with E-state index >= 15 is 0 Å². The highest BCUT2D eigenvalue weighted by atomic mass is 32.1. The lowest BCUT2D eigenvalue weighted by Crippen LogP contribution is -2.42. The SMILES string of the molecule is O=C(N[C@@H](CS)C(=O)O)c1cc(-c2cc(C(=O)N[C@@H](CS)C(=O)O)c3ccccc3n2)nc2ccccc12. The van der Waals surface area contributed by atoms with Gasteiger partial charge in [0.2, 0.25) is 0 Å². The predicted octanol–water partition coefficient (Wildman–Crippen LogP) is 2.68. The van der Waals surface area contributed by atoms with Gasteiger partial charge in [0.15, 0.2) is 0 Å². The number of carbonyl (C=O) groups excluding carboxylic acids is 2. The van der Waals surface area contributed by atoms with Gasteiger partial charge in [-0.05, 0) is 24.3 Å². The number of para-hydroxylation sites is 2. The summed E-state index contributed by atoms with van der Waals surface area (Å²) < 4.78 is 0. The van der Waals surface area contributed by atoms with Crippen molar-refractivity contribution in [3.8, 4) is 11.4 Å². The normalized spacial score (nSPS) is 12.6. The van der Waals surface area contributed by atoms with Crippen molar-refractivity contribution in [2.24, 2.45) is 0 Å². The van der Waals surface area contributed by atoms with Gasteiger partial charge in [-0.2, -0.15) is 25.3 Å². The Morgan fingerprint density at radius 2 is 1.05 bits per heavy atom. The number of aromatic nitrogens is 2. The number of carbonyl (C=O) groups is 4. The van der Waals surface area contributed by atoms with Crippen LogP contribution in [0.5, 0.6) is 0 Å². The van der Waals surface area contributed by atoms with E-state index in [9.17, 15) is 29.4 Å². The molecule has 10 nitrogen and oxygen atoms in total. The highest BCUT2D eigenvalue weighted by Crippen LogP contribution is 2.28. The molecule has 2 amide bonds. The summed E-state index contributed by atoms with van der Waals surface area (Å²) in [7, 11) is 0. The van der Waals surface area contributed by atoms with Crippen LogP contribution >= 0.6 is 25.3 Å². The summed E-state index contributed by atoms with van der Waals surface area (Å²) in [6.07, 6.45) is 0. The van der Waals surface area contributed by atoms with Gasteiger partial charge in [0.05, 0.1) is 33.5 Å². The third-order valence-corrected chi connectivity index (χ3v) is 6.49. The van der Waals surface area contributed by atoms with Gasteiger partial charge >= 0.3 is 11.9 Å². The molecule has 0 fully saturated rings. The molecule has 2 atom stereocenters. The molecule has 2 aromatic heterocycles. The second-order valence-corrected chi connectivity index (χ2v) is 8.97. The molecule has 0 bridgehead atoms. The van der Waals surface area contributed by atoms with Gasteiger partial charge in [0, 0.05) is 22.3 Å². The van der Waals surface area contributed by atoms with Gasteiger partial charge in [0.25, 0.3) is 11.8 Å². The zero-order valence-corrected chi connectivity index (χ0v) is 21.4. The molecule has 12 heteroatoms. The molecule has 0 aliphatic heterocycles. The van der Waals surface area contributed by atoms with Crippen LogP contribution in [-0.2, 0) is 9.59 Å². The van der Waals surface area contributed by atoms with Gasteiger partial charge in [0.1, 0.15) is 12.1 Å². The molecule has 2 aromatic carbocycles. The number of thiol groups is 2. The maximum absolute atomic E-state index is 13.1. The zero-order chi connectivity index (χ0) is 27.4. The van der Waals surface area contributed by atoms with E-state index in [-0.39, 0.29) is 34.0 Å². The van der Waals surface area contributed by atoms with E-state index in [1.807, 2.05) is 0 Å². The first-order valence-corrected chi connectivity index (χ1v) is 12.6. The van der Waals surface area contributed by atoms with Crippen LogP contribution in [0.2, 0.25) is 0 Å². The molecule has 0 aliphatic rings. The van der Waals surface area contributed by atoms with Crippen LogP contribution < -0.4 is 10.6 Å². The first-order valence-electron chi connectivity index (χ1n) is 11.3. The summed E-state index contributed by atoms with van der Waals surface area (Å²) >= 11 is 8.01. The molecule has 38 heavy (non-hydrogen) atoms. The third kappa shape index (κ3) is 5.55. The van der Waals surface area contributed by atoms with Gasteiger partial charge in [-0.25, -0.2) is 19.6 Å². The molecular weight excluding hydrogens is 528 g/mol. The van der Waals surface area contributed by atoms with Crippen LogP contribution in [0.4, 0.5) is 0 Å². The number of carboxylic acids is 2. The second kappa shape index (κ2) is 11.5. The van der Waals surface area contributed by atoms with Crippen molar-refractivity contribution in [2.75, 3.05) is 11.5 Å². The molecule has 0 radical (unpaired) electrons. The lowest BCUT2D eigenvalue weighted by atomic mass is 10.0. The van der Waals surface area contributed by atoms with Crippen molar-refractivity contribution < 1.29 is 29.4 Å². The topological polar surface area (TPSA) is 159 Å². The van der Waals surface area contributed by atoms with Gasteiger partial charge < -0.3 is 20.8 Å². The first-order chi connectivity index (χ1) is 18.2. The van der Waals surface area contributed by atoms with E-state index in [0.717, 1.165) is 0 Å². The summed E-state index contributed by atoms with van der Waals surface area (Å²) in [4.78, 5) is 58.4. The number of fused-ring (bicyclic) bond motifs is 2. The number of amides is 2. The molecule has 4 N–H and O–H groups in total. The maximum Gasteiger partial charge on any atom is 0.327 e. The maximum atomic E-state index is 13.1. The number of nitrogens with one attached hydrogen (secondary N) is 2. The van der Waals surface area contributed by atoms with Gasteiger partial charge in [-0.1, -0.05) is 36.4 Å². The second-order valence-electron chi connectivity index (χ2n) is 8.24. The van der Waals surface area contributed by atoms with Crippen molar-refractivity contribution in [3.63, 3.8) is 0 Å². The Hall–Kier alpha value is -4.16. The largest absolute Gasteiger partial charge is 0.480 e. The molecule has 194 valence electrons. The van der Waals surface area contributed by atoms with Crippen molar-refractivity contribution in [3.05, 3.63) is 71.8 Å². The van der Waals surface area contributed by atoms with Crippen LogP contribution in [0.1, 0.15) is 20.7 Å². The number of hydrogen-bond donors (Lipinski definition) is 6. The van der Waals surface area contributed by atoms with Crippen LogP contribution in [0, 0.1) is 0 Å². The minimum absolute atomic E-state index is 0.106. The molecule has 0 spiro atoms. The molecule has 4 rings (SSSR count). The van der Waals surface area contributed by atoms with Crippen LogP contribution in [-0.4, -0.2) is 67.5 Å². The van der Waals surface area contributed by atoms with E-state index < -0.39 is 35.8 Å². The molecule has 0 unspecified atom stereocenters. The fourth-order valence-electron chi connectivity index (χ4n) is 3.83. The smallest absolute Gasteiger partial charge is 0.327 e. The van der Waals surface area contributed by atoms with Gasteiger partial charge in [-0.15, -0.1) is 0 Å². The standard InChI is InChI=1S/C26H22N4O6S2/c31-23(29-21(11-37)25(33)34)15-9-19(27-17-7-3-1-5-13(15)17)20-10-16(14-6-2-4-8-18(14)28-20)24(32)30-22(12-38)26(35)36/h1-10,21-22,37-38H,11-12H2,(H,29,31)(H,30,32)(H,33,34)(H,35,36)/t21-,22-/m0/s1. The third-order valence-electron chi connectivity index (χ3n) is 5.76. The Balaban J connectivity index is 1.86. The van der Waals surface area contributed by atoms with Crippen molar-refractivity contribution >= 4 is 70.8 Å². The Morgan fingerprint density at radius 3 is 1.39 bits per heavy atom.